The van der Waals surface area contributed by atoms with Crippen molar-refractivity contribution >= 4 is 11.9 Å². The molecular formula is C18H25F3N4O3. The van der Waals surface area contributed by atoms with E-state index < -0.39 is 30.8 Å². The SMILES string of the molecule is NC(=O)NC(=O)C(c1ccccc1)N1CCN(CCCOCC(F)(F)F)CC1. The molecule has 2 rings (SSSR count). The number of ether oxygens (including phenoxy) is 1. The predicted octanol–water partition coefficient (Wildman–Crippen LogP) is 1.51. The van der Waals surface area contributed by atoms with Gasteiger partial charge in [-0.3, -0.25) is 15.0 Å². The highest BCUT2D eigenvalue weighted by Gasteiger charge is 2.31. The van der Waals surface area contributed by atoms with Gasteiger partial charge in [0.15, 0.2) is 0 Å². The number of benzene rings is 1. The minimum atomic E-state index is -4.30. The molecular weight excluding hydrogens is 377 g/mol. The van der Waals surface area contributed by atoms with Gasteiger partial charge in [-0.1, -0.05) is 30.3 Å². The molecule has 0 aliphatic carbocycles. The lowest BCUT2D eigenvalue weighted by molar-refractivity contribution is -0.174. The number of primary amides is 1. The van der Waals surface area contributed by atoms with E-state index in [0.717, 1.165) is 5.56 Å². The molecule has 0 saturated carbocycles. The fourth-order valence-corrected chi connectivity index (χ4v) is 3.18. The van der Waals surface area contributed by atoms with Crippen molar-refractivity contribution < 1.29 is 27.5 Å². The lowest BCUT2D eigenvalue weighted by atomic mass is 10.0. The number of nitrogens with zero attached hydrogens (tertiary/aromatic N) is 2. The van der Waals surface area contributed by atoms with Gasteiger partial charge in [-0.05, 0) is 12.0 Å². The van der Waals surface area contributed by atoms with E-state index in [1.807, 2.05) is 35.2 Å². The number of rotatable bonds is 8. The Morgan fingerprint density at radius 2 is 1.79 bits per heavy atom. The third-order valence-corrected chi connectivity index (χ3v) is 4.41. The minimum absolute atomic E-state index is 0.0490. The molecule has 0 spiro atoms. The summed E-state index contributed by atoms with van der Waals surface area (Å²) in [5.41, 5.74) is 5.85. The molecule has 1 aliphatic rings. The van der Waals surface area contributed by atoms with Gasteiger partial charge in [0, 0.05) is 39.3 Å². The Labute approximate surface area is 161 Å². The average Bonchev–Trinajstić information content (AvgIpc) is 2.62. The molecule has 7 nitrogen and oxygen atoms in total. The van der Waals surface area contributed by atoms with E-state index >= 15 is 0 Å². The van der Waals surface area contributed by atoms with Crippen LogP contribution in [0.4, 0.5) is 18.0 Å². The van der Waals surface area contributed by atoms with Crippen LogP contribution < -0.4 is 11.1 Å². The van der Waals surface area contributed by atoms with Crippen molar-refractivity contribution in [3.05, 3.63) is 35.9 Å². The summed E-state index contributed by atoms with van der Waals surface area (Å²) in [6.07, 6.45) is -3.80. The van der Waals surface area contributed by atoms with E-state index in [-0.39, 0.29) is 6.61 Å². The number of alkyl halides is 3. The number of urea groups is 1. The zero-order chi connectivity index (χ0) is 20.6. The highest BCUT2D eigenvalue weighted by atomic mass is 19.4. The van der Waals surface area contributed by atoms with Crippen LogP contribution in [0.1, 0.15) is 18.0 Å². The van der Waals surface area contributed by atoms with E-state index in [4.69, 9.17) is 5.73 Å². The third kappa shape index (κ3) is 7.45. The molecule has 1 heterocycles. The number of carbonyl (C=O) groups is 2. The second kappa shape index (κ2) is 10.4. The number of piperazine rings is 1. The number of amides is 3. The fraction of sp³-hybridized carbons (Fsp3) is 0.556. The standard InChI is InChI=1S/C18H25F3N4O3/c19-18(20,21)13-28-12-4-7-24-8-10-25(11-9-24)15(16(26)23-17(22)27)14-5-2-1-3-6-14/h1-3,5-6,15H,4,7-13H2,(H3,22,23,26,27). The van der Waals surface area contributed by atoms with Crippen LogP contribution in [-0.2, 0) is 9.53 Å². The molecule has 1 atom stereocenters. The van der Waals surface area contributed by atoms with E-state index in [2.05, 4.69) is 15.0 Å². The number of hydrogen-bond acceptors (Lipinski definition) is 5. The molecule has 3 N–H and O–H groups in total. The smallest absolute Gasteiger partial charge is 0.372 e. The van der Waals surface area contributed by atoms with Crippen LogP contribution >= 0.6 is 0 Å². The quantitative estimate of drug-likeness (QED) is 0.644. The van der Waals surface area contributed by atoms with Crippen molar-refractivity contribution in [1.82, 2.24) is 15.1 Å². The van der Waals surface area contributed by atoms with Crippen molar-refractivity contribution in [3.8, 4) is 0 Å². The monoisotopic (exact) mass is 402 g/mol. The van der Waals surface area contributed by atoms with Crippen molar-refractivity contribution in [3.63, 3.8) is 0 Å². The molecule has 1 unspecified atom stereocenters. The molecule has 0 aromatic heterocycles. The number of nitrogens with one attached hydrogen (secondary N) is 1. The van der Waals surface area contributed by atoms with E-state index in [9.17, 15) is 22.8 Å². The van der Waals surface area contributed by atoms with Gasteiger partial charge >= 0.3 is 12.2 Å². The van der Waals surface area contributed by atoms with E-state index in [0.29, 0.717) is 39.1 Å². The maximum Gasteiger partial charge on any atom is 0.411 e. The van der Waals surface area contributed by atoms with Crippen molar-refractivity contribution in [2.45, 2.75) is 18.6 Å². The fourth-order valence-electron chi connectivity index (χ4n) is 3.18. The van der Waals surface area contributed by atoms with Crippen LogP contribution in [0.15, 0.2) is 30.3 Å². The zero-order valence-electron chi connectivity index (χ0n) is 15.5. The highest BCUT2D eigenvalue weighted by molar-refractivity contribution is 5.96. The summed E-state index contributed by atoms with van der Waals surface area (Å²) in [7, 11) is 0. The number of halogens is 3. The Balaban J connectivity index is 1.84. The van der Waals surface area contributed by atoms with Crippen molar-refractivity contribution in [2.24, 2.45) is 5.73 Å². The molecule has 3 amide bonds. The number of imide groups is 1. The van der Waals surface area contributed by atoms with Gasteiger partial charge in [-0.25, -0.2) is 4.79 Å². The summed E-state index contributed by atoms with van der Waals surface area (Å²) in [5.74, 6) is -0.479. The number of nitrogens with two attached hydrogens (primary N) is 1. The van der Waals surface area contributed by atoms with Gasteiger partial charge in [-0.15, -0.1) is 0 Å². The van der Waals surface area contributed by atoms with E-state index in [1.54, 1.807) is 0 Å². The van der Waals surface area contributed by atoms with Gasteiger partial charge in [0.05, 0.1) is 0 Å². The number of carbonyl (C=O) groups excluding carboxylic acids is 2. The molecule has 1 aromatic carbocycles. The Hall–Kier alpha value is -2.17. The molecule has 156 valence electrons. The Morgan fingerprint density at radius 3 is 2.36 bits per heavy atom. The number of hydrogen-bond donors (Lipinski definition) is 2. The summed E-state index contributed by atoms with van der Waals surface area (Å²) in [5, 5.41) is 2.15. The van der Waals surface area contributed by atoms with Gasteiger partial charge in [0.1, 0.15) is 12.6 Å². The summed E-state index contributed by atoms with van der Waals surface area (Å²) >= 11 is 0. The normalized spacial score (nSPS) is 17.2. The average molecular weight is 402 g/mol. The second-order valence-electron chi connectivity index (χ2n) is 6.57. The van der Waals surface area contributed by atoms with Crippen LogP contribution in [0.25, 0.3) is 0 Å². The first-order chi connectivity index (χ1) is 13.3. The Kier molecular flexibility index (Phi) is 8.21. The molecule has 1 fully saturated rings. The molecule has 1 aromatic rings. The first-order valence-electron chi connectivity index (χ1n) is 9.02. The molecule has 28 heavy (non-hydrogen) atoms. The molecule has 0 bridgehead atoms. The maximum absolute atomic E-state index is 12.5. The maximum atomic E-state index is 12.5. The first kappa shape index (κ1) is 22.1. The Morgan fingerprint density at radius 1 is 1.14 bits per heavy atom. The summed E-state index contributed by atoms with van der Waals surface area (Å²) in [6, 6.07) is 7.57. The van der Waals surface area contributed by atoms with Gasteiger partial charge in [-0.2, -0.15) is 13.2 Å². The van der Waals surface area contributed by atoms with Crippen molar-refractivity contribution in [1.29, 1.82) is 0 Å². The van der Waals surface area contributed by atoms with Crippen LogP contribution in [0.3, 0.4) is 0 Å². The Bertz CT molecular complexity index is 635. The molecule has 0 radical (unpaired) electrons. The first-order valence-corrected chi connectivity index (χ1v) is 9.02. The highest BCUT2D eigenvalue weighted by Crippen LogP contribution is 2.22. The van der Waals surface area contributed by atoms with E-state index in [1.165, 1.54) is 0 Å². The predicted molar refractivity (Wildman–Crippen MR) is 96.4 cm³/mol. The van der Waals surface area contributed by atoms with Crippen molar-refractivity contribution in [2.75, 3.05) is 45.9 Å². The minimum Gasteiger partial charge on any atom is -0.372 e. The summed E-state index contributed by atoms with van der Waals surface area (Å²) in [4.78, 5) is 27.7. The molecule has 10 heteroatoms. The van der Waals surface area contributed by atoms with Crippen LogP contribution in [-0.4, -0.2) is 73.9 Å². The van der Waals surface area contributed by atoms with Crippen LogP contribution in [0, 0.1) is 0 Å². The summed E-state index contributed by atoms with van der Waals surface area (Å²) in [6.45, 7) is 1.92. The van der Waals surface area contributed by atoms with Crippen LogP contribution in [0.5, 0.6) is 0 Å². The topological polar surface area (TPSA) is 87.9 Å². The van der Waals surface area contributed by atoms with Gasteiger partial charge < -0.3 is 15.4 Å². The summed E-state index contributed by atoms with van der Waals surface area (Å²) < 4.78 is 40.7. The zero-order valence-corrected chi connectivity index (χ0v) is 15.5. The van der Waals surface area contributed by atoms with Crippen LogP contribution in [0.2, 0.25) is 0 Å². The second-order valence-corrected chi connectivity index (χ2v) is 6.57. The molecule has 1 aliphatic heterocycles. The van der Waals surface area contributed by atoms with Gasteiger partial charge in [0.25, 0.3) is 0 Å². The van der Waals surface area contributed by atoms with Gasteiger partial charge in [0.2, 0.25) is 5.91 Å². The third-order valence-electron chi connectivity index (χ3n) is 4.41. The lowest BCUT2D eigenvalue weighted by Gasteiger charge is -2.38. The molecule has 1 saturated heterocycles. The largest absolute Gasteiger partial charge is 0.411 e. The lowest BCUT2D eigenvalue weighted by Crippen LogP contribution is -2.52.